The maximum atomic E-state index is 3.91. The van der Waals surface area contributed by atoms with Crippen molar-refractivity contribution in [3.05, 3.63) is 16.1 Å². The molecule has 1 aromatic heterocycles. The van der Waals surface area contributed by atoms with E-state index in [0.717, 1.165) is 9.88 Å². The van der Waals surface area contributed by atoms with E-state index < -0.39 is 0 Å². The molecule has 0 amide bonds. The average Bonchev–Trinajstić information content (AvgIpc) is 1.87. The number of hydrogen-bond acceptors (Lipinski definition) is 2. The quantitative estimate of drug-likeness (QED) is 0.580. The minimum absolute atomic E-state index is 0. The Morgan fingerprint density at radius 1 is 1.50 bits per heavy atom. The van der Waals surface area contributed by atoms with Crippen LogP contribution in [0.15, 0.2) is 0 Å². The van der Waals surface area contributed by atoms with E-state index >= 15 is 0 Å². The summed E-state index contributed by atoms with van der Waals surface area (Å²) < 4.78 is 0. The van der Waals surface area contributed by atoms with Crippen molar-refractivity contribution in [2.24, 2.45) is 0 Å². The van der Waals surface area contributed by atoms with E-state index in [-0.39, 0.29) is 32.7 Å². The van der Waals surface area contributed by atoms with Crippen LogP contribution in [0.4, 0.5) is 0 Å². The first-order chi connectivity index (χ1) is 3.29. The van der Waals surface area contributed by atoms with Gasteiger partial charge < -0.3 is 4.98 Å². The molecule has 1 aromatic rings. The molecule has 0 bridgehead atoms. The van der Waals surface area contributed by atoms with Crippen LogP contribution in [0.3, 0.4) is 0 Å². The first kappa shape index (κ1) is 8.73. The SMILES string of the molecule is Cc1[c-]nc(C)s1.[Y]. The number of hydrogen-bond donors (Lipinski definition) is 0. The fourth-order valence-electron chi connectivity index (χ4n) is 0.425. The Labute approximate surface area is 78.4 Å². The average molecular weight is 201 g/mol. The zero-order chi connectivity index (χ0) is 5.28. The Kier molecular flexibility index (Phi) is 4.04. The molecule has 0 aromatic carbocycles. The maximum Gasteiger partial charge on any atom is 0 e. The molecule has 0 aliphatic rings. The maximum absolute atomic E-state index is 3.91. The Morgan fingerprint density at radius 2 is 2.12 bits per heavy atom. The third-order valence-corrected chi connectivity index (χ3v) is 1.46. The van der Waals surface area contributed by atoms with Crippen molar-refractivity contribution in [1.82, 2.24) is 4.98 Å². The van der Waals surface area contributed by atoms with E-state index in [2.05, 4.69) is 11.2 Å². The second kappa shape index (κ2) is 3.70. The zero-order valence-electron chi connectivity index (χ0n) is 4.93. The number of aromatic nitrogens is 1. The second-order valence-electron chi connectivity index (χ2n) is 1.40. The molecular formula is C5H6NSY-. The van der Waals surface area contributed by atoms with E-state index in [1.807, 2.05) is 13.8 Å². The van der Waals surface area contributed by atoms with Gasteiger partial charge in [0.05, 0.1) is 0 Å². The van der Waals surface area contributed by atoms with Crippen molar-refractivity contribution in [1.29, 1.82) is 0 Å². The van der Waals surface area contributed by atoms with Crippen molar-refractivity contribution < 1.29 is 32.7 Å². The van der Waals surface area contributed by atoms with Gasteiger partial charge in [0.1, 0.15) is 0 Å². The van der Waals surface area contributed by atoms with Gasteiger partial charge in [-0.15, -0.1) is 6.20 Å². The molecule has 1 nitrogen and oxygen atoms in total. The Morgan fingerprint density at radius 3 is 2.25 bits per heavy atom. The van der Waals surface area contributed by atoms with Gasteiger partial charge in [0, 0.05) is 32.7 Å². The summed E-state index contributed by atoms with van der Waals surface area (Å²) >= 11 is 1.68. The molecule has 0 N–H and O–H groups in total. The van der Waals surface area contributed by atoms with E-state index in [0.29, 0.717) is 0 Å². The van der Waals surface area contributed by atoms with Gasteiger partial charge in [0.2, 0.25) is 0 Å². The van der Waals surface area contributed by atoms with Crippen LogP contribution in [0.5, 0.6) is 0 Å². The number of aryl methyl sites for hydroxylation is 2. The summed E-state index contributed by atoms with van der Waals surface area (Å²) in [5.41, 5.74) is 0. The molecule has 0 saturated heterocycles. The van der Waals surface area contributed by atoms with Crippen LogP contribution in [-0.2, 0) is 32.7 Å². The monoisotopic (exact) mass is 201 g/mol. The second-order valence-corrected chi connectivity index (χ2v) is 2.81. The van der Waals surface area contributed by atoms with Crippen LogP contribution in [0, 0.1) is 20.0 Å². The van der Waals surface area contributed by atoms with Crippen LogP contribution in [0.1, 0.15) is 9.88 Å². The van der Waals surface area contributed by atoms with Crippen molar-refractivity contribution in [2.45, 2.75) is 13.8 Å². The predicted molar refractivity (Wildman–Crippen MR) is 30.4 cm³/mol. The molecule has 1 heterocycles. The fraction of sp³-hybridized carbons (Fsp3) is 0.400. The summed E-state index contributed by atoms with van der Waals surface area (Å²) in [5.74, 6) is 0. The van der Waals surface area contributed by atoms with Crippen molar-refractivity contribution in [3.8, 4) is 0 Å². The fourth-order valence-corrected chi connectivity index (χ4v) is 1.05. The van der Waals surface area contributed by atoms with E-state index in [1.165, 1.54) is 0 Å². The normalized spacial score (nSPS) is 8.25. The van der Waals surface area contributed by atoms with Crippen molar-refractivity contribution in [3.63, 3.8) is 0 Å². The molecule has 1 rings (SSSR count). The molecule has 0 aliphatic heterocycles. The standard InChI is InChI=1S/C5H6NS.Y/c1-4-3-6-5(2)7-4;/h1-2H3;/q-1;. The topological polar surface area (TPSA) is 12.9 Å². The summed E-state index contributed by atoms with van der Waals surface area (Å²) in [6.07, 6.45) is 2.84. The summed E-state index contributed by atoms with van der Waals surface area (Å²) in [4.78, 5) is 5.07. The molecule has 0 aliphatic carbocycles. The molecule has 1 radical (unpaired) electrons. The first-order valence-corrected chi connectivity index (χ1v) is 2.92. The molecule has 0 unspecified atom stereocenters. The van der Waals surface area contributed by atoms with Gasteiger partial charge >= 0.3 is 0 Å². The van der Waals surface area contributed by atoms with Crippen LogP contribution < -0.4 is 0 Å². The third kappa shape index (κ3) is 2.34. The molecule has 8 heavy (non-hydrogen) atoms. The van der Waals surface area contributed by atoms with Crippen LogP contribution in [-0.4, -0.2) is 4.98 Å². The number of thiazole rings is 1. The van der Waals surface area contributed by atoms with E-state index in [1.54, 1.807) is 11.3 Å². The van der Waals surface area contributed by atoms with E-state index in [4.69, 9.17) is 0 Å². The molecule has 0 saturated carbocycles. The van der Waals surface area contributed by atoms with Gasteiger partial charge in [-0.2, -0.15) is 0 Å². The smallest absolute Gasteiger partial charge is 0 e. The van der Waals surface area contributed by atoms with Crippen LogP contribution in [0.2, 0.25) is 0 Å². The minimum atomic E-state index is 0. The first-order valence-electron chi connectivity index (χ1n) is 2.11. The van der Waals surface area contributed by atoms with Gasteiger partial charge in [-0.05, 0) is 6.92 Å². The van der Waals surface area contributed by atoms with Crippen molar-refractivity contribution >= 4 is 11.3 Å². The number of nitrogens with zero attached hydrogens (tertiary/aromatic N) is 1. The third-order valence-electron chi connectivity index (χ3n) is 0.672. The van der Waals surface area contributed by atoms with Gasteiger partial charge in [-0.25, -0.2) is 11.3 Å². The van der Waals surface area contributed by atoms with Crippen LogP contribution >= 0.6 is 11.3 Å². The van der Waals surface area contributed by atoms with Crippen LogP contribution in [0.25, 0.3) is 0 Å². The predicted octanol–water partition coefficient (Wildman–Crippen LogP) is 1.56. The molecule has 41 valence electrons. The Balaban J connectivity index is 0.000000490. The van der Waals surface area contributed by atoms with Gasteiger partial charge in [-0.3, -0.25) is 0 Å². The van der Waals surface area contributed by atoms with Gasteiger partial charge in [0.25, 0.3) is 0 Å². The molecule has 0 fully saturated rings. The molecular weight excluding hydrogens is 195 g/mol. The van der Waals surface area contributed by atoms with Gasteiger partial charge in [0.15, 0.2) is 0 Å². The van der Waals surface area contributed by atoms with E-state index in [9.17, 15) is 0 Å². The summed E-state index contributed by atoms with van der Waals surface area (Å²) in [5, 5.41) is 1.09. The number of rotatable bonds is 0. The van der Waals surface area contributed by atoms with Gasteiger partial charge in [-0.1, -0.05) is 16.8 Å². The van der Waals surface area contributed by atoms with Crippen molar-refractivity contribution in [2.75, 3.05) is 0 Å². The summed E-state index contributed by atoms with van der Waals surface area (Å²) in [6.45, 7) is 3.98. The zero-order valence-corrected chi connectivity index (χ0v) is 8.59. The summed E-state index contributed by atoms with van der Waals surface area (Å²) in [6, 6.07) is 0. The molecule has 0 spiro atoms. The minimum Gasteiger partial charge on any atom is -0.446 e. The Bertz CT molecular complexity index is 145. The summed E-state index contributed by atoms with van der Waals surface area (Å²) in [7, 11) is 0. The Hall–Kier alpha value is 0.734. The molecule has 0 atom stereocenters. The largest absolute Gasteiger partial charge is 0.446 e. The molecule has 3 heteroatoms.